The molecular formula is C18H30N4O2. The number of aromatic amines is 1. The fourth-order valence-corrected chi connectivity index (χ4v) is 4.28. The zero-order chi connectivity index (χ0) is 17.0. The molecule has 2 heterocycles. The van der Waals surface area contributed by atoms with Crippen molar-refractivity contribution >= 4 is 5.91 Å². The molecule has 1 aliphatic carbocycles. The first-order valence-corrected chi connectivity index (χ1v) is 9.40. The number of nitrogens with one attached hydrogen (secondary N) is 1. The molecule has 2 aliphatic rings. The third-order valence-corrected chi connectivity index (χ3v) is 5.63. The Hall–Kier alpha value is -1.43. The summed E-state index contributed by atoms with van der Waals surface area (Å²) in [5.74, 6) is 2.31. The van der Waals surface area contributed by atoms with Gasteiger partial charge in [0.05, 0.1) is 5.41 Å². The molecule has 1 aromatic heterocycles. The van der Waals surface area contributed by atoms with Gasteiger partial charge in [0.15, 0.2) is 5.82 Å². The highest BCUT2D eigenvalue weighted by Crippen LogP contribution is 2.43. The molecule has 24 heavy (non-hydrogen) atoms. The number of piperidine rings is 1. The summed E-state index contributed by atoms with van der Waals surface area (Å²) in [5.41, 5.74) is -0.189. The summed E-state index contributed by atoms with van der Waals surface area (Å²) in [4.78, 5) is 19.9. The molecule has 6 heteroatoms. The number of aromatic nitrogens is 3. The van der Waals surface area contributed by atoms with Crippen LogP contribution in [0.5, 0.6) is 0 Å². The lowest BCUT2D eigenvalue weighted by Crippen LogP contribution is -2.47. The highest BCUT2D eigenvalue weighted by molar-refractivity contribution is 5.83. The molecule has 2 fully saturated rings. The number of likely N-dealkylation sites (tertiary alicyclic amines) is 1. The van der Waals surface area contributed by atoms with Crippen LogP contribution in [0, 0.1) is 12.3 Å². The van der Waals surface area contributed by atoms with Gasteiger partial charge in [-0.25, -0.2) is 4.98 Å². The summed E-state index contributed by atoms with van der Waals surface area (Å²) in [6, 6.07) is 0. The quantitative estimate of drug-likeness (QED) is 0.812. The maximum Gasteiger partial charge on any atom is 0.228 e. The number of carbonyl (C=O) groups excluding carboxylic acids is 1. The van der Waals surface area contributed by atoms with Gasteiger partial charge in [-0.3, -0.25) is 9.89 Å². The Balaban J connectivity index is 1.68. The zero-order valence-electron chi connectivity index (χ0n) is 15.0. The first-order valence-electron chi connectivity index (χ1n) is 9.40. The van der Waals surface area contributed by atoms with Crippen molar-refractivity contribution in [3.8, 4) is 0 Å². The average Bonchev–Trinajstić information content (AvgIpc) is 3.24. The van der Waals surface area contributed by atoms with Gasteiger partial charge in [0.1, 0.15) is 5.82 Å². The van der Waals surface area contributed by atoms with Crippen molar-refractivity contribution in [3.63, 3.8) is 0 Å². The van der Waals surface area contributed by atoms with Crippen molar-refractivity contribution in [2.45, 2.75) is 64.7 Å². The predicted octanol–water partition coefficient (Wildman–Crippen LogP) is 2.81. The van der Waals surface area contributed by atoms with Crippen LogP contribution in [-0.4, -0.2) is 52.3 Å². The number of rotatable bonds is 6. The Morgan fingerprint density at radius 3 is 2.83 bits per heavy atom. The van der Waals surface area contributed by atoms with Crippen LogP contribution in [0.25, 0.3) is 0 Å². The van der Waals surface area contributed by atoms with Gasteiger partial charge < -0.3 is 9.64 Å². The number of hydrogen-bond donors (Lipinski definition) is 1. The minimum absolute atomic E-state index is 0.189. The molecule has 3 rings (SSSR count). The molecule has 1 aliphatic heterocycles. The van der Waals surface area contributed by atoms with Gasteiger partial charge in [0, 0.05) is 32.2 Å². The molecule has 1 saturated heterocycles. The summed E-state index contributed by atoms with van der Waals surface area (Å²) in [6.45, 7) is 6.97. The fourth-order valence-electron chi connectivity index (χ4n) is 4.28. The fraction of sp³-hybridized carbons (Fsp3) is 0.833. The van der Waals surface area contributed by atoms with E-state index in [9.17, 15) is 4.79 Å². The third-order valence-electron chi connectivity index (χ3n) is 5.63. The lowest BCUT2D eigenvalue weighted by Gasteiger charge is -2.38. The van der Waals surface area contributed by atoms with Crippen molar-refractivity contribution in [1.82, 2.24) is 20.1 Å². The molecule has 1 amide bonds. The minimum atomic E-state index is -0.189. The number of carbonyl (C=O) groups is 1. The predicted molar refractivity (Wildman–Crippen MR) is 91.7 cm³/mol. The van der Waals surface area contributed by atoms with E-state index in [1.165, 1.54) is 0 Å². The van der Waals surface area contributed by atoms with E-state index >= 15 is 0 Å². The topological polar surface area (TPSA) is 71.1 Å². The molecule has 1 atom stereocenters. The average molecular weight is 334 g/mol. The van der Waals surface area contributed by atoms with E-state index in [2.05, 4.69) is 20.1 Å². The lowest BCUT2D eigenvalue weighted by molar-refractivity contribution is -0.144. The molecule has 0 unspecified atom stereocenters. The van der Waals surface area contributed by atoms with Crippen molar-refractivity contribution < 1.29 is 9.53 Å². The van der Waals surface area contributed by atoms with Crippen molar-refractivity contribution in [2.75, 3.05) is 26.3 Å². The summed E-state index contributed by atoms with van der Waals surface area (Å²) in [7, 11) is 0. The number of ether oxygens (including phenoxy) is 1. The summed E-state index contributed by atoms with van der Waals surface area (Å²) in [6.07, 6.45) is 7.31. The Morgan fingerprint density at radius 1 is 1.38 bits per heavy atom. The van der Waals surface area contributed by atoms with Gasteiger partial charge in [-0.05, 0) is 46.0 Å². The van der Waals surface area contributed by atoms with Crippen molar-refractivity contribution in [2.24, 2.45) is 5.41 Å². The van der Waals surface area contributed by atoms with E-state index in [0.29, 0.717) is 12.5 Å². The maximum absolute atomic E-state index is 13.3. The van der Waals surface area contributed by atoms with E-state index in [4.69, 9.17) is 4.74 Å². The molecular weight excluding hydrogens is 304 g/mol. The highest BCUT2D eigenvalue weighted by atomic mass is 16.5. The van der Waals surface area contributed by atoms with E-state index in [1.807, 2.05) is 13.8 Å². The molecule has 134 valence electrons. The molecule has 0 radical (unpaired) electrons. The minimum Gasteiger partial charge on any atom is -0.382 e. The first kappa shape index (κ1) is 17.4. The summed E-state index contributed by atoms with van der Waals surface area (Å²) in [5, 5.41) is 7.24. The number of H-pyrrole nitrogens is 1. The Morgan fingerprint density at radius 2 is 2.17 bits per heavy atom. The summed E-state index contributed by atoms with van der Waals surface area (Å²) < 4.78 is 5.56. The second-order valence-corrected chi connectivity index (χ2v) is 7.30. The van der Waals surface area contributed by atoms with E-state index in [-0.39, 0.29) is 11.3 Å². The number of nitrogens with zero attached hydrogens (tertiary/aromatic N) is 3. The van der Waals surface area contributed by atoms with Crippen LogP contribution in [0.3, 0.4) is 0 Å². The van der Waals surface area contributed by atoms with Crippen LogP contribution in [0.15, 0.2) is 0 Å². The maximum atomic E-state index is 13.3. The SMILES string of the molecule is CCOCCC1(C(=O)N2CCC[C@H](c3n[nH]c(C)n3)C2)CCCC1. The second kappa shape index (κ2) is 7.64. The van der Waals surface area contributed by atoms with Crippen LogP contribution in [0.2, 0.25) is 0 Å². The van der Waals surface area contributed by atoms with Crippen LogP contribution in [0.1, 0.15) is 69.4 Å². The van der Waals surface area contributed by atoms with Gasteiger partial charge in [-0.1, -0.05) is 12.8 Å². The van der Waals surface area contributed by atoms with E-state index < -0.39 is 0 Å². The van der Waals surface area contributed by atoms with E-state index in [1.54, 1.807) is 0 Å². The van der Waals surface area contributed by atoms with Crippen LogP contribution >= 0.6 is 0 Å². The molecule has 1 aromatic rings. The van der Waals surface area contributed by atoms with Crippen molar-refractivity contribution in [3.05, 3.63) is 11.6 Å². The molecule has 0 spiro atoms. The lowest BCUT2D eigenvalue weighted by atomic mass is 9.80. The smallest absolute Gasteiger partial charge is 0.228 e. The van der Waals surface area contributed by atoms with Crippen molar-refractivity contribution in [1.29, 1.82) is 0 Å². The highest BCUT2D eigenvalue weighted by Gasteiger charge is 2.44. The zero-order valence-corrected chi connectivity index (χ0v) is 15.0. The normalized spacial score (nSPS) is 23.6. The first-order chi connectivity index (χ1) is 11.6. The van der Waals surface area contributed by atoms with Gasteiger partial charge in [0.2, 0.25) is 5.91 Å². The Labute approximate surface area is 144 Å². The van der Waals surface area contributed by atoms with Gasteiger partial charge in [-0.15, -0.1) is 0 Å². The van der Waals surface area contributed by atoms with Gasteiger partial charge in [-0.2, -0.15) is 5.10 Å². The van der Waals surface area contributed by atoms with E-state index in [0.717, 1.165) is 76.3 Å². The molecule has 0 aromatic carbocycles. The number of aryl methyl sites for hydroxylation is 1. The number of amides is 1. The molecule has 1 N–H and O–H groups in total. The van der Waals surface area contributed by atoms with Crippen LogP contribution < -0.4 is 0 Å². The largest absolute Gasteiger partial charge is 0.382 e. The standard InChI is InChI=1S/C18H30N4O2/c1-3-24-12-10-18(8-4-5-9-18)17(23)22-11-6-7-15(13-22)16-19-14(2)20-21-16/h15H,3-13H2,1-2H3,(H,19,20,21)/t15-/m0/s1. The monoisotopic (exact) mass is 334 g/mol. The van der Waals surface area contributed by atoms with Gasteiger partial charge in [0.25, 0.3) is 0 Å². The van der Waals surface area contributed by atoms with Gasteiger partial charge >= 0.3 is 0 Å². The van der Waals surface area contributed by atoms with Crippen LogP contribution in [0.4, 0.5) is 0 Å². The summed E-state index contributed by atoms with van der Waals surface area (Å²) >= 11 is 0. The Kier molecular flexibility index (Phi) is 5.54. The Bertz CT molecular complexity index is 551. The third kappa shape index (κ3) is 3.63. The number of hydrogen-bond acceptors (Lipinski definition) is 4. The molecule has 6 nitrogen and oxygen atoms in total. The molecule has 1 saturated carbocycles. The van der Waals surface area contributed by atoms with Crippen LogP contribution in [-0.2, 0) is 9.53 Å². The second-order valence-electron chi connectivity index (χ2n) is 7.30. The molecule has 0 bridgehead atoms.